The smallest absolute Gasteiger partial charge is 0.119 e. The molecular formula is C16H21NO. The van der Waals surface area contributed by atoms with Crippen LogP contribution in [-0.2, 0) is 5.54 Å². The summed E-state index contributed by atoms with van der Waals surface area (Å²) in [5, 5.41) is 3.89. The van der Waals surface area contributed by atoms with Gasteiger partial charge < -0.3 is 10.1 Å². The molecule has 0 aromatic heterocycles. The second-order valence-electron chi connectivity index (χ2n) is 6.18. The largest absolute Gasteiger partial charge is 0.497 e. The lowest BCUT2D eigenvalue weighted by Crippen LogP contribution is -2.59. The maximum absolute atomic E-state index is 5.44. The molecular weight excluding hydrogens is 222 g/mol. The highest BCUT2D eigenvalue weighted by Gasteiger charge is 2.51. The molecule has 4 aliphatic rings. The first-order chi connectivity index (χ1) is 8.83. The van der Waals surface area contributed by atoms with E-state index in [-0.39, 0.29) is 5.54 Å². The van der Waals surface area contributed by atoms with Crippen LogP contribution in [0, 0.1) is 5.92 Å². The van der Waals surface area contributed by atoms with Crippen LogP contribution in [-0.4, -0.2) is 13.7 Å². The second-order valence-corrected chi connectivity index (χ2v) is 6.18. The number of hydrogen-bond acceptors (Lipinski definition) is 2. The molecule has 1 aromatic rings. The van der Waals surface area contributed by atoms with Crippen LogP contribution in [0.3, 0.4) is 0 Å². The molecule has 2 heteroatoms. The molecule has 0 radical (unpaired) electrons. The summed E-state index contributed by atoms with van der Waals surface area (Å²) in [6.07, 6.45) is 6.89. The van der Waals surface area contributed by atoms with Gasteiger partial charge in [-0.2, -0.15) is 0 Å². The van der Waals surface area contributed by atoms with E-state index in [1.54, 1.807) is 18.2 Å². The average molecular weight is 243 g/mol. The van der Waals surface area contributed by atoms with Crippen LogP contribution in [0.25, 0.3) is 0 Å². The highest BCUT2D eigenvalue weighted by atomic mass is 16.5. The Morgan fingerprint density at radius 3 is 3.17 bits per heavy atom. The van der Waals surface area contributed by atoms with Gasteiger partial charge in [0.1, 0.15) is 5.75 Å². The molecule has 96 valence electrons. The highest BCUT2D eigenvalue weighted by Crippen LogP contribution is 2.55. The fraction of sp³-hybridized carbons (Fsp3) is 0.625. The molecule has 18 heavy (non-hydrogen) atoms. The van der Waals surface area contributed by atoms with E-state index in [4.69, 9.17) is 4.74 Å². The SMILES string of the molecule is COc1ccc2c(c1)C13CCCCC1CC2CN3. The Morgan fingerprint density at radius 2 is 2.28 bits per heavy atom. The number of piperidine rings is 1. The van der Waals surface area contributed by atoms with E-state index in [9.17, 15) is 0 Å². The van der Waals surface area contributed by atoms with E-state index >= 15 is 0 Å². The molecule has 2 bridgehead atoms. The van der Waals surface area contributed by atoms with Crippen LogP contribution in [0.15, 0.2) is 18.2 Å². The first kappa shape index (κ1) is 10.9. The van der Waals surface area contributed by atoms with Gasteiger partial charge in [-0.25, -0.2) is 0 Å². The normalized spacial score (nSPS) is 36.9. The summed E-state index contributed by atoms with van der Waals surface area (Å²) in [6.45, 7) is 1.18. The molecule has 2 fully saturated rings. The highest BCUT2D eigenvalue weighted by molar-refractivity contribution is 5.47. The van der Waals surface area contributed by atoms with Crippen molar-refractivity contribution in [3.05, 3.63) is 29.3 Å². The summed E-state index contributed by atoms with van der Waals surface area (Å²) in [7, 11) is 1.77. The Balaban J connectivity index is 1.89. The van der Waals surface area contributed by atoms with Crippen LogP contribution in [0.5, 0.6) is 5.75 Å². The zero-order valence-electron chi connectivity index (χ0n) is 11.0. The predicted molar refractivity (Wildman–Crippen MR) is 72.0 cm³/mol. The quantitative estimate of drug-likeness (QED) is 0.818. The Hall–Kier alpha value is -1.02. The predicted octanol–water partition coefficient (Wildman–Crippen LogP) is 3.17. The van der Waals surface area contributed by atoms with Gasteiger partial charge in [-0.05, 0) is 54.4 Å². The Labute approximate surface area is 109 Å². The lowest BCUT2D eigenvalue weighted by atomic mass is 9.57. The zero-order chi connectivity index (χ0) is 12.2. The monoisotopic (exact) mass is 243 g/mol. The third kappa shape index (κ3) is 1.27. The number of ether oxygens (including phenoxy) is 1. The maximum atomic E-state index is 5.44. The van der Waals surface area contributed by atoms with Crippen molar-refractivity contribution in [2.45, 2.75) is 43.6 Å². The fourth-order valence-corrected chi connectivity index (χ4v) is 4.62. The lowest BCUT2D eigenvalue weighted by molar-refractivity contribution is 0.0696. The van der Waals surface area contributed by atoms with Gasteiger partial charge in [0.25, 0.3) is 0 Å². The van der Waals surface area contributed by atoms with Gasteiger partial charge in [-0.1, -0.05) is 18.9 Å². The van der Waals surface area contributed by atoms with E-state index in [0.29, 0.717) is 0 Å². The Kier molecular flexibility index (Phi) is 2.25. The van der Waals surface area contributed by atoms with Gasteiger partial charge in [0, 0.05) is 12.1 Å². The molecule has 2 heterocycles. The van der Waals surface area contributed by atoms with E-state index in [1.165, 1.54) is 38.6 Å². The third-order valence-corrected chi connectivity index (χ3v) is 5.48. The number of rotatable bonds is 1. The lowest BCUT2D eigenvalue weighted by Gasteiger charge is -2.56. The van der Waals surface area contributed by atoms with Crippen molar-refractivity contribution < 1.29 is 4.74 Å². The summed E-state index contributed by atoms with van der Waals surface area (Å²) in [5.41, 5.74) is 3.42. The van der Waals surface area contributed by atoms with Gasteiger partial charge in [0.2, 0.25) is 0 Å². The number of fused-ring (bicyclic) bond motifs is 1. The summed E-state index contributed by atoms with van der Waals surface area (Å²) in [6, 6.07) is 6.74. The van der Waals surface area contributed by atoms with Crippen LogP contribution in [0.2, 0.25) is 0 Å². The van der Waals surface area contributed by atoms with Gasteiger partial charge in [-0.3, -0.25) is 0 Å². The van der Waals surface area contributed by atoms with E-state index in [2.05, 4.69) is 23.5 Å². The molecule has 3 unspecified atom stereocenters. The molecule has 1 spiro atoms. The van der Waals surface area contributed by atoms with E-state index < -0.39 is 0 Å². The summed E-state index contributed by atoms with van der Waals surface area (Å²) in [5.74, 6) is 2.60. The molecule has 2 aliphatic heterocycles. The third-order valence-electron chi connectivity index (χ3n) is 5.48. The topological polar surface area (TPSA) is 21.3 Å². The Bertz CT molecular complexity index is 484. The van der Waals surface area contributed by atoms with Crippen molar-refractivity contribution in [2.75, 3.05) is 13.7 Å². The van der Waals surface area contributed by atoms with Gasteiger partial charge in [-0.15, -0.1) is 0 Å². The van der Waals surface area contributed by atoms with E-state index in [1.807, 2.05) is 0 Å². The van der Waals surface area contributed by atoms with Crippen molar-refractivity contribution in [2.24, 2.45) is 5.92 Å². The van der Waals surface area contributed by atoms with Crippen molar-refractivity contribution in [1.29, 1.82) is 0 Å². The van der Waals surface area contributed by atoms with Gasteiger partial charge in [0.05, 0.1) is 7.11 Å². The maximum Gasteiger partial charge on any atom is 0.119 e. The minimum Gasteiger partial charge on any atom is -0.497 e. The molecule has 1 saturated heterocycles. The van der Waals surface area contributed by atoms with Crippen molar-refractivity contribution >= 4 is 0 Å². The van der Waals surface area contributed by atoms with Crippen LogP contribution in [0.1, 0.15) is 49.1 Å². The van der Waals surface area contributed by atoms with Crippen LogP contribution < -0.4 is 10.1 Å². The van der Waals surface area contributed by atoms with E-state index in [0.717, 1.165) is 17.6 Å². The minimum absolute atomic E-state index is 0.275. The van der Waals surface area contributed by atoms with Gasteiger partial charge >= 0.3 is 0 Å². The van der Waals surface area contributed by atoms with Crippen LogP contribution in [0.4, 0.5) is 0 Å². The minimum atomic E-state index is 0.275. The average Bonchev–Trinajstić information content (AvgIpc) is 2.46. The number of benzene rings is 1. The summed E-state index contributed by atoms with van der Waals surface area (Å²) >= 11 is 0. The standard InChI is InChI=1S/C16H21NO/c1-18-13-5-6-14-11-8-12-4-2-3-7-16(12,17-10-11)15(14)9-13/h5-6,9,11-12,17H,2-4,7-8,10H2,1H3. The molecule has 1 aromatic carbocycles. The zero-order valence-corrected chi connectivity index (χ0v) is 11.0. The molecule has 1 N–H and O–H groups in total. The molecule has 1 saturated carbocycles. The molecule has 2 nitrogen and oxygen atoms in total. The molecule has 0 amide bonds. The summed E-state index contributed by atoms with van der Waals surface area (Å²) in [4.78, 5) is 0. The first-order valence-electron chi connectivity index (χ1n) is 7.27. The number of nitrogens with one attached hydrogen (secondary N) is 1. The Morgan fingerprint density at radius 1 is 1.33 bits per heavy atom. The first-order valence-corrected chi connectivity index (χ1v) is 7.27. The number of hydrogen-bond donors (Lipinski definition) is 1. The second kappa shape index (κ2) is 3.74. The van der Waals surface area contributed by atoms with Crippen molar-refractivity contribution in [3.63, 3.8) is 0 Å². The van der Waals surface area contributed by atoms with Crippen LogP contribution >= 0.6 is 0 Å². The molecule has 3 atom stereocenters. The summed E-state index contributed by atoms with van der Waals surface area (Å²) < 4.78 is 5.44. The molecule has 2 aliphatic carbocycles. The van der Waals surface area contributed by atoms with Crippen molar-refractivity contribution in [3.8, 4) is 5.75 Å². The number of methoxy groups -OCH3 is 1. The fourth-order valence-electron chi connectivity index (χ4n) is 4.62. The molecule has 5 rings (SSSR count). The van der Waals surface area contributed by atoms with Crippen molar-refractivity contribution in [1.82, 2.24) is 5.32 Å². The van der Waals surface area contributed by atoms with Gasteiger partial charge in [0.15, 0.2) is 0 Å².